The number of methoxy groups -OCH3 is 1. The van der Waals surface area contributed by atoms with Crippen molar-refractivity contribution in [3.63, 3.8) is 0 Å². The van der Waals surface area contributed by atoms with E-state index in [4.69, 9.17) is 4.74 Å². The van der Waals surface area contributed by atoms with Gasteiger partial charge in [0.2, 0.25) is 0 Å². The first-order valence-electron chi connectivity index (χ1n) is 6.71. The maximum absolute atomic E-state index is 4.97. The van der Waals surface area contributed by atoms with Gasteiger partial charge in [-0.25, -0.2) is 0 Å². The van der Waals surface area contributed by atoms with Gasteiger partial charge in [0.1, 0.15) is 0 Å². The molecule has 0 radical (unpaired) electrons. The van der Waals surface area contributed by atoms with E-state index in [1.54, 1.807) is 7.11 Å². The van der Waals surface area contributed by atoms with Crippen LogP contribution < -0.4 is 10.6 Å². The molecule has 1 aromatic carbocycles. The molecule has 2 N–H and O–H groups in total. The van der Waals surface area contributed by atoms with Crippen molar-refractivity contribution in [3.8, 4) is 0 Å². The SMILES string of the molecule is COCCNCCCNCc1cccc(C)c1C. The molecule has 0 unspecified atom stereocenters. The lowest BCUT2D eigenvalue weighted by Crippen LogP contribution is -2.24. The van der Waals surface area contributed by atoms with Crippen molar-refractivity contribution in [2.45, 2.75) is 26.8 Å². The van der Waals surface area contributed by atoms with Crippen LogP contribution in [0.4, 0.5) is 0 Å². The Bertz CT molecular complexity index is 339. The molecule has 0 amide bonds. The molecule has 18 heavy (non-hydrogen) atoms. The Kier molecular flexibility index (Phi) is 7.65. The fraction of sp³-hybridized carbons (Fsp3) is 0.600. The lowest BCUT2D eigenvalue weighted by atomic mass is 10.0. The van der Waals surface area contributed by atoms with Gasteiger partial charge in [0, 0.05) is 20.2 Å². The summed E-state index contributed by atoms with van der Waals surface area (Å²) < 4.78 is 4.97. The Balaban J connectivity index is 2.09. The van der Waals surface area contributed by atoms with E-state index in [0.29, 0.717) is 0 Å². The molecule has 102 valence electrons. The van der Waals surface area contributed by atoms with E-state index in [1.165, 1.54) is 16.7 Å². The van der Waals surface area contributed by atoms with Crippen LogP contribution in [0.2, 0.25) is 0 Å². The molecule has 1 rings (SSSR count). The summed E-state index contributed by atoms with van der Waals surface area (Å²) in [6, 6.07) is 6.50. The minimum Gasteiger partial charge on any atom is -0.383 e. The van der Waals surface area contributed by atoms with Crippen LogP contribution in [-0.4, -0.2) is 33.4 Å². The smallest absolute Gasteiger partial charge is 0.0587 e. The minimum absolute atomic E-state index is 0.788. The summed E-state index contributed by atoms with van der Waals surface area (Å²) in [5.41, 5.74) is 4.18. The maximum Gasteiger partial charge on any atom is 0.0587 e. The van der Waals surface area contributed by atoms with Crippen LogP contribution >= 0.6 is 0 Å². The molecule has 3 heteroatoms. The van der Waals surface area contributed by atoms with Gasteiger partial charge in [-0.05, 0) is 50.0 Å². The predicted octanol–water partition coefficient (Wildman–Crippen LogP) is 2.02. The number of aryl methyl sites for hydroxylation is 1. The van der Waals surface area contributed by atoms with Crippen LogP contribution in [0.25, 0.3) is 0 Å². The van der Waals surface area contributed by atoms with Crippen molar-refractivity contribution in [3.05, 3.63) is 34.9 Å². The Labute approximate surface area is 111 Å². The average molecular weight is 250 g/mol. The van der Waals surface area contributed by atoms with Crippen molar-refractivity contribution < 1.29 is 4.74 Å². The number of hydrogen-bond donors (Lipinski definition) is 2. The number of hydrogen-bond acceptors (Lipinski definition) is 3. The average Bonchev–Trinajstić information content (AvgIpc) is 2.37. The zero-order valence-electron chi connectivity index (χ0n) is 11.9. The van der Waals surface area contributed by atoms with Gasteiger partial charge < -0.3 is 15.4 Å². The predicted molar refractivity (Wildman–Crippen MR) is 77.0 cm³/mol. The van der Waals surface area contributed by atoms with Crippen LogP contribution in [0, 0.1) is 13.8 Å². The first-order valence-corrected chi connectivity index (χ1v) is 6.71. The van der Waals surface area contributed by atoms with Crippen LogP contribution in [-0.2, 0) is 11.3 Å². The van der Waals surface area contributed by atoms with Crippen molar-refractivity contribution in [2.75, 3.05) is 33.4 Å². The molecule has 0 saturated heterocycles. The fourth-order valence-electron chi connectivity index (χ4n) is 1.86. The van der Waals surface area contributed by atoms with E-state index in [1.807, 2.05) is 0 Å². The topological polar surface area (TPSA) is 33.3 Å². The largest absolute Gasteiger partial charge is 0.383 e. The van der Waals surface area contributed by atoms with Gasteiger partial charge >= 0.3 is 0 Å². The number of nitrogens with one attached hydrogen (secondary N) is 2. The zero-order chi connectivity index (χ0) is 13.2. The van der Waals surface area contributed by atoms with Gasteiger partial charge in [-0.3, -0.25) is 0 Å². The Morgan fingerprint density at radius 1 is 1.06 bits per heavy atom. The minimum atomic E-state index is 0.788. The second-order valence-corrected chi connectivity index (χ2v) is 4.63. The molecule has 0 aromatic heterocycles. The highest BCUT2D eigenvalue weighted by Gasteiger charge is 1.99. The quantitative estimate of drug-likeness (QED) is 0.658. The summed E-state index contributed by atoms with van der Waals surface area (Å²) in [5.74, 6) is 0. The van der Waals surface area contributed by atoms with E-state index in [9.17, 15) is 0 Å². The number of benzene rings is 1. The van der Waals surface area contributed by atoms with Gasteiger partial charge in [-0.2, -0.15) is 0 Å². The second-order valence-electron chi connectivity index (χ2n) is 4.63. The van der Waals surface area contributed by atoms with Crippen LogP contribution in [0.5, 0.6) is 0 Å². The molecule has 0 spiro atoms. The molecule has 0 aliphatic rings. The Hall–Kier alpha value is -0.900. The fourth-order valence-corrected chi connectivity index (χ4v) is 1.86. The molecule has 1 aromatic rings. The van der Waals surface area contributed by atoms with Crippen molar-refractivity contribution in [1.29, 1.82) is 0 Å². The number of ether oxygens (including phenoxy) is 1. The van der Waals surface area contributed by atoms with Crippen molar-refractivity contribution in [1.82, 2.24) is 10.6 Å². The lowest BCUT2D eigenvalue weighted by molar-refractivity contribution is 0.199. The molecule has 0 aliphatic heterocycles. The molecular formula is C15H26N2O. The van der Waals surface area contributed by atoms with Crippen LogP contribution in [0.15, 0.2) is 18.2 Å². The van der Waals surface area contributed by atoms with Crippen LogP contribution in [0.3, 0.4) is 0 Å². The van der Waals surface area contributed by atoms with Crippen LogP contribution in [0.1, 0.15) is 23.1 Å². The number of rotatable bonds is 9. The summed E-state index contributed by atoms with van der Waals surface area (Å²) in [5, 5.41) is 6.83. The second kappa shape index (κ2) is 9.09. The van der Waals surface area contributed by atoms with E-state index >= 15 is 0 Å². The van der Waals surface area contributed by atoms with Crippen molar-refractivity contribution >= 4 is 0 Å². The van der Waals surface area contributed by atoms with E-state index in [-0.39, 0.29) is 0 Å². The molecule has 0 bridgehead atoms. The molecule has 0 heterocycles. The van der Waals surface area contributed by atoms with Gasteiger partial charge in [-0.15, -0.1) is 0 Å². The van der Waals surface area contributed by atoms with Gasteiger partial charge in [-0.1, -0.05) is 18.2 Å². The monoisotopic (exact) mass is 250 g/mol. The summed E-state index contributed by atoms with van der Waals surface area (Å²) in [6.07, 6.45) is 1.15. The Morgan fingerprint density at radius 3 is 2.61 bits per heavy atom. The van der Waals surface area contributed by atoms with Gasteiger partial charge in [0.05, 0.1) is 6.61 Å². The molecule has 3 nitrogen and oxygen atoms in total. The molecular weight excluding hydrogens is 224 g/mol. The van der Waals surface area contributed by atoms with Crippen molar-refractivity contribution in [2.24, 2.45) is 0 Å². The zero-order valence-corrected chi connectivity index (χ0v) is 11.9. The normalized spacial score (nSPS) is 10.8. The third-order valence-electron chi connectivity index (χ3n) is 3.22. The maximum atomic E-state index is 4.97. The molecule has 0 saturated carbocycles. The lowest BCUT2D eigenvalue weighted by Gasteiger charge is -2.10. The van der Waals surface area contributed by atoms with Gasteiger partial charge in [0.15, 0.2) is 0 Å². The standard InChI is InChI=1S/C15H26N2O/c1-13-6-4-7-15(14(13)2)12-17-9-5-8-16-10-11-18-3/h4,6-7,16-17H,5,8-12H2,1-3H3. The van der Waals surface area contributed by atoms with E-state index in [0.717, 1.165) is 39.2 Å². The van der Waals surface area contributed by atoms with E-state index < -0.39 is 0 Å². The highest BCUT2D eigenvalue weighted by molar-refractivity contribution is 5.32. The first-order chi connectivity index (χ1) is 8.75. The summed E-state index contributed by atoms with van der Waals surface area (Å²) in [4.78, 5) is 0. The summed E-state index contributed by atoms with van der Waals surface area (Å²) >= 11 is 0. The molecule has 0 fully saturated rings. The third-order valence-corrected chi connectivity index (χ3v) is 3.22. The summed E-state index contributed by atoms with van der Waals surface area (Å²) in [6.45, 7) is 9.14. The summed E-state index contributed by atoms with van der Waals surface area (Å²) in [7, 11) is 1.73. The highest BCUT2D eigenvalue weighted by atomic mass is 16.5. The first kappa shape index (κ1) is 15.2. The molecule has 0 atom stereocenters. The van der Waals surface area contributed by atoms with Gasteiger partial charge in [0.25, 0.3) is 0 Å². The van der Waals surface area contributed by atoms with E-state index in [2.05, 4.69) is 42.7 Å². The Morgan fingerprint density at radius 2 is 1.83 bits per heavy atom. The molecule has 0 aliphatic carbocycles. The third kappa shape index (κ3) is 5.63. The highest BCUT2D eigenvalue weighted by Crippen LogP contribution is 2.11.